The number of rotatable bonds is 85. The Hall–Kier alpha value is -1.94. The number of ether oxygens (including phenoxy) is 4. The number of aliphatic hydroxyl groups excluding tert-OH is 1. The summed E-state index contributed by atoms with van der Waals surface area (Å²) in [7, 11) is -9.93. The van der Waals surface area contributed by atoms with Crippen molar-refractivity contribution in [3.63, 3.8) is 0 Å². The molecule has 105 heavy (non-hydrogen) atoms. The minimum atomic E-state index is -4.97. The average Bonchev–Trinajstić information content (AvgIpc) is 0.909. The van der Waals surface area contributed by atoms with Crippen LogP contribution in [0.25, 0.3) is 0 Å². The van der Waals surface area contributed by atoms with E-state index in [1.54, 1.807) is 0 Å². The Balaban J connectivity index is 5.26. The molecule has 0 aromatic carbocycles. The van der Waals surface area contributed by atoms with Gasteiger partial charge in [0.25, 0.3) is 0 Å². The Bertz CT molecular complexity index is 2010. The molecule has 0 aliphatic carbocycles. The number of phosphoric acid groups is 2. The lowest BCUT2D eigenvalue weighted by molar-refractivity contribution is -0.161. The van der Waals surface area contributed by atoms with Crippen molar-refractivity contribution in [2.75, 3.05) is 39.6 Å². The van der Waals surface area contributed by atoms with E-state index < -0.39 is 97.5 Å². The van der Waals surface area contributed by atoms with Gasteiger partial charge in [-0.15, -0.1) is 0 Å². The van der Waals surface area contributed by atoms with Gasteiger partial charge in [-0.2, -0.15) is 0 Å². The molecule has 0 radical (unpaired) electrons. The summed E-state index contributed by atoms with van der Waals surface area (Å²) in [6, 6.07) is 0. The van der Waals surface area contributed by atoms with E-state index in [0.717, 1.165) is 102 Å². The van der Waals surface area contributed by atoms with Crippen LogP contribution in [0.5, 0.6) is 0 Å². The highest BCUT2D eigenvalue weighted by Gasteiger charge is 2.30. The van der Waals surface area contributed by atoms with Crippen LogP contribution < -0.4 is 0 Å². The molecule has 19 heteroatoms. The highest BCUT2D eigenvalue weighted by atomic mass is 31.2. The van der Waals surface area contributed by atoms with Crippen LogP contribution in [-0.2, 0) is 65.4 Å². The zero-order chi connectivity index (χ0) is 77.1. The van der Waals surface area contributed by atoms with E-state index in [1.165, 1.54) is 276 Å². The van der Waals surface area contributed by atoms with Gasteiger partial charge in [0.2, 0.25) is 0 Å². The van der Waals surface area contributed by atoms with Crippen LogP contribution in [0, 0.1) is 11.8 Å². The van der Waals surface area contributed by atoms with E-state index in [-0.39, 0.29) is 25.7 Å². The minimum Gasteiger partial charge on any atom is -0.462 e. The Kier molecular flexibility index (Phi) is 76.0. The molecule has 0 aromatic heterocycles. The molecular formula is C86H168O17P2. The minimum absolute atomic E-state index is 0.108. The van der Waals surface area contributed by atoms with E-state index in [0.29, 0.717) is 25.7 Å². The van der Waals surface area contributed by atoms with Crippen molar-refractivity contribution in [1.29, 1.82) is 0 Å². The number of aliphatic hydroxyl groups is 1. The second-order valence-electron chi connectivity index (χ2n) is 31.9. The van der Waals surface area contributed by atoms with Gasteiger partial charge in [0.1, 0.15) is 19.3 Å². The molecule has 2 unspecified atom stereocenters. The maximum absolute atomic E-state index is 13.1. The number of carbonyl (C=O) groups excluding carboxylic acids is 4. The molecule has 0 amide bonds. The SMILES string of the molecule is CCCCCCCCCCCCCCCCCCCCCC(=O)O[C@H](COC(=O)CCCCCCCCCCCCCCCCC(C)C)COP(=O)(O)OC[C@@H](O)COP(=O)(O)OC[C@@H](COC(=O)CCCCCCCCCCCC(C)C)OC(=O)CCCCCCCCCCCCCCCCCCC. The molecule has 0 aliphatic rings. The van der Waals surface area contributed by atoms with E-state index in [4.69, 9.17) is 37.0 Å². The standard InChI is InChI=1S/C86H168O17P2/c1-7-9-11-13-15-17-19-21-23-25-26-28-30-36-40-46-53-59-65-71-85(90)102-81(74-96-83(88)68-62-56-50-44-38-34-32-31-33-37-42-48-54-60-66-78(3)4)76-100-104(92,93)98-72-80(87)73-99-105(94,95)101-77-82(75-97-84(89)69-63-57-51-47-41-43-49-55-61-67-79(5)6)103-86(91)70-64-58-52-45-39-35-29-27-24-22-20-18-16-14-12-10-8-2/h78-82,87H,7-77H2,1-6H3,(H,92,93)(H,94,95)/t80-,81-,82-/m1/s1. The number of phosphoric ester groups is 2. The maximum atomic E-state index is 13.1. The first-order valence-corrected chi connectivity index (χ1v) is 47.5. The van der Waals surface area contributed by atoms with Crippen LogP contribution in [0.15, 0.2) is 0 Å². The zero-order valence-corrected chi connectivity index (χ0v) is 70.8. The Labute approximate surface area is 645 Å². The lowest BCUT2D eigenvalue weighted by Crippen LogP contribution is -2.30. The van der Waals surface area contributed by atoms with Crippen molar-refractivity contribution in [2.45, 2.75) is 477 Å². The molecule has 0 fully saturated rings. The molecule has 0 bridgehead atoms. The number of hydrogen-bond donors (Lipinski definition) is 3. The smallest absolute Gasteiger partial charge is 0.462 e. The molecule has 0 spiro atoms. The first-order valence-electron chi connectivity index (χ1n) is 44.5. The monoisotopic (exact) mass is 1540 g/mol. The molecule has 17 nitrogen and oxygen atoms in total. The summed E-state index contributed by atoms with van der Waals surface area (Å²) in [6.45, 7) is 9.68. The summed E-state index contributed by atoms with van der Waals surface area (Å²) in [5.41, 5.74) is 0. The van der Waals surface area contributed by atoms with Gasteiger partial charge in [0, 0.05) is 25.7 Å². The predicted octanol–water partition coefficient (Wildman–Crippen LogP) is 26.2. The van der Waals surface area contributed by atoms with Gasteiger partial charge in [-0.05, 0) is 37.5 Å². The second-order valence-corrected chi connectivity index (χ2v) is 34.8. The van der Waals surface area contributed by atoms with Crippen LogP contribution in [0.4, 0.5) is 0 Å². The van der Waals surface area contributed by atoms with Crippen molar-refractivity contribution in [2.24, 2.45) is 11.8 Å². The molecular weight excluding hydrogens is 1370 g/mol. The summed E-state index contributed by atoms with van der Waals surface area (Å²) in [4.78, 5) is 73.3. The van der Waals surface area contributed by atoms with E-state index in [9.17, 15) is 43.2 Å². The van der Waals surface area contributed by atoms with Crippen molar-refractivity contribution in [3.8, 4) is 0 Å². The third-order valence-electron chi connectivity index (χ3n) is 20.2. The molecule has 624 valence electrons. The molecule has 5 atom stereocenters. The topological polar surface area (TPSA) is 237 Å². The number of esters is 4. The fourth-order valence-corrected chi connectivity index (χ4v) is 15.0. The van der Waals surface area contributed by atoms with Crippen LogP contribution in [-0.4, -0.2) is 96.7 Å². The number of unbranched alkanes of at least 4 members (excludes halogenated alkanes) is 55. The van der Waals surface area contributed by atoms with Gasteiger partial charge in [-0.3, -0.25) is 37.3 Å². The summed E-state index contributed by atoms with van der Waals surface area (Å²) in [5, 5.41) is 10.7. The Morgan fingerprint density at radius 3 is 0.648 bits per heavy atom. The maximum Gasteiger partial charge on any atom is 0.472 e. The average molecular weight is 1540 g/mol. The van der Waals surface area contributed by atoms with Gasteiger partial charge in [-0.25, -0.2) is 9.13 Å². The van der Waals surface area contributed by atoms with Gasteiger partial charge in [0.05, 0.1) is 26.4 Å². The molecule has 0 aromatic rings. The highest BCUT2D eigenvalue weighted by Crippen LogP contribution is 2.45. The number of carbonyl (C=O) groups is 4. The summed E-state index contributed by atoms with van der Waals surface area (Å²) < 4.78 is 68.9. The van der Waals surface area contributed by atoms with Crippen molar-refractivity contribution in [3.05, 3.63) is 0 Å². The Morgan fingerprint density at radius 2 is 0.438 bits per heavy atom. The fraction of sp³-hybridized carbons (Fsp3) is 0.953. The van der Waals surface area contributed by atoms with Crippen molar-refractivity contribution < 1.29 is 80.2 Å². The van der Waals surface area contributed by atoms with E-state index >= 15 is 0 Å². The quantitative estimate of drug-likeness (QED) is 0.0222. The van der Waals surface area contributed by atoms with E-state index in [1.807, 2.05) is 0 Å². The van der Waals surface area contributed by atoms with Crippen molar-refractivity contribution in [1.82, 2.24) is 0 Å². The first kappa shape index (κ1) is 103. The fourth-order valence-electron chi connectivity index (χ4n) is 13.4. The lowest BCUT2D eigenvalue weighted by atomic mass is 10.0. The van der Waals surface area contributed by atoms with Gasteiger partial charge in [0.15, 0.2) is 12.2 Å². The van der Waals surface area contributed by atoms with Crippen molar-refractivity contribution >= 4 is 39.5 Å². The van der Waals surface area contributed by atoms with Gasteiger partial charge < -0.3 is 33.8 Å². The van der Waals surface area contributed by atoms with Crippen LogP contribution in [0.1, 0.15) is 459 Å². The summed E-state index contributed by atoms with van der Waals surface area (Å²) >= 11 is 0. The molecule has 0 heterocycles. The summed E-state index contributed by atoms with van der Waals surface area (Å²) in [5.74, 6) is -0.558. The Morgan fingerprint density at radius 1 is 0.257 bits per heavy atom. The van der Waals surface area contributed by atoms with Crippen LogP contribution in [0.2, 0.25) is 0 Å². The molecule has 3 N–H and O–H groups in total. The third-order valence-corrected chi connectivity index (χ3v) is 22.1. The van der Waals surface area contributed by atoms with Crippen LogP contribution >= 0.6 is 15.6 Å². The lowest BCUT2D eigenvalue weighted by Gasteiger charge is -2.21. The first-order chi connectivity index (χ1) is 50.9. The molecule has 0 saturated heterocycles. The highest BCUT2D eigenvalue weighted by molar-refractivity contribution is 7.47. The second kappa shape index (κ2) is 77.4. The van der Waals surface area contributed by atoms with Gasteiger partial charge >= 0.3 is 39.5 Å². The zero-order valence-electron chi connectivity index (χ0n) is 69.0. The third kappa shape index (κ3) is 79.9. The van der Waals surface area contributed by atoms with Gasteiger partial charge in [-0.1, -0.05) is 408 Å². The largest absolute Gasteiger partial charge is 0.472 e. The van der Waals surface area contributed by atoms with Crippen LogP contribution in [0.3, 0.4) is 0 Å². The molecule has 0 rings (SSSR count). The normalized spacial score (nSPS) is 13.8. The molecule has 0 saturated carbocycles. The van der Waals surface area contributed by atoms with E-state index in [2.05, 4.69) is 41.5 Å². The number of hydrogen-bond acceptors (Lipinski definition) is 15. The summed E-state index contributed by atoms with van der Waals surface area (Å²) in [6.07, 6.45) is 69.4. The predicted molar refractivity (Wildman–Crippen MR) is 432 cm³/mol. The molecule has 0 aliphatic heterocycles.